The smallest absolute Gasteiger partial charge is 0.376 e. The van der Waals surface area contributed by atoms with Gasteiger partial charge < -0.3 is 9.15 Å². The molecule has 1 aromatic heterocycles. The van der Waals surface area contributed by atoms with Crippen molar-refractivity contribution in [1.82, 2.24) is 4.98 Å². The molecule has 0 aliphatic carbocycles. The molecule has 0 atom stereocenters. The third-order valence-electron chi connectivity index (χ3n) is 2.91. The Hall–Kier alpha value is -1.62. The molecular formula is C15H16BrNO3. The number of ether oxygens (including phenoxy) is 1. The number of esters is 1. The molecule has 2 aromatic rings. The number of nitrogens with zero attached hydrogens (tertiary/aromatic N) is 1. The van der Waals surface area contributed by atoms with Gasteiger partial charge >= 0.3 is 5.97 Å². The Balaban J connectivity index is 2.42. The van der Waals surface area contributed by atoms with Gasteiger partial charge in [-0.2, -0.15) is 0 Å². The summed E-state index contributed by atoms with van der Waals surface area (Å²) in [4.78, 5) is 16.2. The van der Waals surface area contributed by atoms with Crippen LogP contribution < -0.4 is 0 Å². The summed E-state index contributed by atoms with van der Waals surface area (Å²) in [7, 11) is 0. The zero-order valence-corrected chi connectivity index (χ0v) is 13.3. The monoisotopic (exact) mass is 337 g/mol. The van der Waals surface area contributed by atoms with Gasteiger partial charge in [0.15, 0.2) is 0 Å². The summed E-state index contributed by atoms with van der Waals surface area (Å²) in [5, 5.41) is 0. The molecule has 0 saturated heterocycles. The van der Waals surface area contributed by atoms with E-state index in [1.165, 1.54) is 0 Å². The van der Waals surface area contributed by atoms with E-state index in [-0.39, 0.29) is 5.76 Å². The minimum atomic E-state index is -0.464. The predicted molar refractivity (Wildman–Crippen MR) is 79.7 cm³/mol. The Kier molecular flexibility index (Phi) is 4.60. The first kappa shape index (κ1) is 14.8. The normalized spacial score (nSPS) is 10.6. The van der Waals surface area contributed by atoms with Crippen LogP contribution in [0.2, 0.25) is 0 Å². The Labute approximate surface area is 126 Å². The molecule has 1 heterocycles. The van der Waals surface area contributed by atoms with Crippen molar-refractivity contribution < 1.29 is 13.9 Å². The molecule has 1 aromatic carbocycles. The average molecular weight is 338 g/mol. The van der Waals surface area contributed by atoms with E-state index in [1.807, 2.05) is 32.0 Å². The SMILES string of the molecule is CCOC(=O)c1oc(-c2ccc(C)c(Br)c2)nc1CC. The van der Waals surface area contributed by atoms with Crippen LogP contribution in [0.4, 0.5) is 0 Å². The van der Waals surface area contributed by atoms with Gasteiger partial charge in [0.05, 0.1) is 12.3 Å². The number of hydrogen-bond donors (Lipinski definition) is 0. The Morgan fingerprint density at radius 1 is 1.40 bits per heavy atom. The molecule has 20 heavy (non-hydrogen) atoms. The van der Waals surface area contributed by atoms with Gasteiger partial charge in [-0.15, -0.1) is 0 Å². The van der Waals surface area contributed by atoms with Crippen molar-refractivity contribution in [2.24, 2.45) is 0 Å². The van der Waals surface area contributed by atoms with E-state index in [0.717, 1.165) is 15.6 Å². The van der Waals surface area contributed by atoms with Gasteiger partial charge in [-0.25, -0.2) is 9.78 Å². The van der Waals surface area contributed by atoms with Crippen molar-refractivity contribution in [3.05, 3.63) is 39.7 Å². The van der Waals surface area contributed by atoms with Gasteiger partial charge in [0.25, 0.3) is 0 Å². The minimum Gasteiger partial charge on any atom is -0.460 e. The van der Waals surface area contributed by atoms with E-state index in [4.69, 9.17) is 9.15 Å². The molecule has 0 saturated carbocycles. The molecule has 0 aliphatic heterocycles. The highest BCUT2D eigenvalue weighted by Gasteiger charge is 2.21. The molecule has 0 radical (unpaired) electrons. The van der Waals surface area contributed by atoms with Gasteiger partial charge in [-0.3, -0.25) is 0 Å². The maximum absolute atomic E-state index is 11.8. The summed E-state index contributed by atoms with van der Waals surface area (Å²) in [5.74, 6) is 0.168. The molecular weight excluding hydrogens is 322 g/mol. The van der Waals surface area contributed by atoms with E-state index in [9.17, 15) is 4.79 Å². The first-order chi connectivity index (χ1) is 9.56. The van der Waals surface area contributed by atoms with E-state index in [0.29, 0.717) is 24.6 Å². The summed E-state index contributed by atoms with van der Waals surface area (Å²) >= 11 is 3.48. The number of oxazole rings is 1. The van der Waals surface area contributed by atoms with Crippen molar-refractivity contribution >= 4 is 21.9 Å². The van der Waals surface area contributed by atoms with Crippen molar-refractivity contribution in [3.63, 3.8) is 0 Å². The molecule has 5 heteroatoms. The second kappa shape index (κ2) is 6.22. The topological polar surface area (TPSA) is 52.3 Å². The summed E-state index contributed by atoms with van der Waals surface area (Å²) in [6.45, 7) is 6.01. The lowest BCUT2D eigenvalue weighted by Gasteiger charge is -2.00. The van der Waals surface area contributed by atoms with Crippen molar-refractivity contribution in [3.8, 4) is 11.5 Å². The molecule has 0 unspecified atom stereocenters. The summed E-state index contributed by atoms with van der Waals surface area (Å²) < 4.78 is 11.6. The number of hydrogen-bond acceptors (Lipinski definition) is 4. The maximum Gasteiger partial charge on any atom is 0.376 e. The lowest BCUT2D eigenvalue weighted by atomic mass is 10.1. The first-order valence-electron chi connectivity index (χ1n) is 6.50. The molecule has 0 spiro atoms. The number of aryl methyl sites for hydroxylation is 2. The zero-order chi connectivity index (χ0) is 14.7. The number of benzene rings is 1. The van der Waals surface area contributed by atoms with E-state index < -0.39 is 5.97 Å². The van der Waals surface area contributed by atoms with Crippen LogP contribution in [0.25, 0.3) is 11.5 Å². The molecule has 4 nitrogen and oxygen atoms in total. The van der Waals surface area contributed by atoms with E-state index in [1.54, 1.807) is 6.92 Å². The van der Waals surface area contributed by atoms with Crippen LogP contribution in [0.3, 0.4) is 0 Å². The standard InChI is InChI=1S/C15H16BrNO3/c1-4-12-13(15(18)19-5-2)20-14(17-12)10-7-6-9(3)11(16)8-10/h6-8H,4-5H2,1-3H3. The van der Waals surface area contributed by atoms with Gasteiger partial charge in [0.2, 0.25) is 11.7 Å². The van der Waals surface area contributed by atoms with Gasteiger partial charge in [-0.1, -0.05) is 28.9 Å². The van der Waals surface area contributed by atoms with E-state index >= 15 is 0 Å². The molecule has 0 fully saturated rings. The van der Waals surface area contributed by atoms with Crippen molar-refractivity contribution in [1.29, 1.82) is 0 Å². The molecule has 2 rings (SSSR count). The number of rotatable bonds is 4. The fraction of sp³-hybridized carbons (Fsp3) is 0.333. The highest BCUT2D eigenvalue weighted by atomic mass is 79.9. The van der Waals surface area contributed by atoms with Crippen molar-refractivity contribution in [2.75, 3.05) is 6.61 Å². The second-order valence-electron chi connectivity index (χ2n) is 4.33. The minimum absolute atomic E-state index is 0.195. The second-order valence-corrected chi connectivity index (χ2v) is 5.19. The van der Waals surface area contributed by atoms with Crippen LogP contribution in [0, 0.1) is 6.92 Å². The van der Waals surface area contributed by atoms with Crippen LogP contribution in [-0.4, -0.2) is 17.6 Å². The number of aromatic nitrogens is 1. The first-order valence-corrected chi connectivity index (χ1v) is 7.29. The fourth-order valence-electron chi connectivity index (χ4n) is 1.80. The summed E-state index contributed by atoms with van der Waals surface area (Å²) in [6, 6.07) is 5.81. The largest absolute Gasteiger partial charge is 0.460 e. The number of halogens is 1. The average Bonchev–Trinajstić information content (AvgIpc) is 2.86. The molecule has 0 amide bonds. The number of carbonyl (C=O) groups excluding carboxylic acids is 1. The van der Waals surface area contributed by atoms with Gasteiger partial charge in [0, 0.05) is 10.0 Å². The maximum atomic E-state index is 11.8. The quantitative estimate of drug-likeness (QED) is 0.786. The lowest BCUT2D eigenvalue weighted by molar-refractivity contribution is 0.0489. The zero-order valence-electron chi connectivity index (χ0n) is 11.7. The predicted octanol–water partition coefficient (Wildman–Crippen LogP) is 4.15. The third kappa shape index (κ3) is 2.93. The van der Waals surface area contributed by atoms with E-state index in [2.05, 4.69) is 20.9 Å². The molecule has 0 aliphatic rings. The van der Waals surface area contributed by atoms with Gasteiger partial charge in [0.1, 0.15) is 0 Å². The fourth-order valence-corrected chi connectivity index (χ4v) is 2.18. The van der Waals surface area contributed by atoms with Crippen LogP contribution in [0.1, 0.15) is 35.7 Å². The summed E-state index contributed by atoms with van der Waals surface area (Å²) in [6.07, 6.45) is 0.616. The Bertz CT molecular complexity index is 634. The van der Waals surface area contributed by atoms with Crippen molar-refractivity contribution in [2.45, 2.75) is 27.2 Å². The van der Waals surface area contributed by atoms with Crippen LogP contribution in [0.5, 0.6) is 0 Å². The molecule has 106 valence electrons. The lowest BCUT2D eigenvalue weighted by Crippen LogP contribution is -2.05. The Morgan fingerprint density at radius 2 is 2.15 bits per heavy atom. The van der Waals surface area contributed by atoms with Gasteiger partial charge in [-0.05, 0) is 38.0 Å². The Morgan fingerprint density at radius 3 is 2.75 bits per heavy atom. The van der Waals surface area contributed by atoms with Crippen LogP contribution in [-0.2, 0) is 11.2 Å². The highest BCUT2D eigenvalue weighted by Crippen LogP contribution is 2.27. The molecule has 0 bridgehead atoms. The van der Waals surface area contributed by atoms with Crippen LogP contribution >= 0.6 is 15.9 Å². The third-order valence-corrected chi connectivity index (χ3v) is 3.77. The highest BCUT2D eigenvalue weighted by molar-refractivity contribution is 9.10. The van der Waals surface area contributed by atoms with Crippen LogP contribution in [0.15, 0.2) is 27.1 Å². The molecule has 0 N–H and O–H groups in total. The number of carbonyl (C=O) groups is 1. The summed E-state index contributed by atoms with van der Waals surface area (Å²) in [5.41, 5.74) is 2.57.